The zero-order valence-electron chi connectivity index (χ0n) is 39.6. The molecule has 64 heavy (non-hydrogen) atoms. The maximum atomic E-state index is 12.4. The van der Waals surface area contributed by atoms with E-state index in [1.54, 1.807) is 5.92 Å². The number of methoxy groups -OCH3 is 2. The molecule has 1 N–H and O–H groups in total. The fourth-order valence-electron chi connectivity index (χ4n) is 12.0. The summed E-state index contributed by atoms with van der Waals surface area (Å²) in [6.07, 6.45) is 16.1. The van der Waals surface area contributed by atoms with Crippen LogP contribution in [0.1, 0.15) is 154 Å². The lowest BCUT2D eigenvalue weighted by atomic mass is 9.53. The van der Waals surface area contributed by atoms with E-state index in [1.165, 1.54) is 36.5 Å². The highest BCUT2D eigenvalue weighted by Crippen LogP contribution is 2.64. The van der Waals surface area contributed by atoms with Crippen molar-refractivity contribution >= 4 is 29.7 Å². The highest BCUT2D eigenvalue weighted by atomic mass is 16.5. The van der Waals surface area contributed by atoms with E-state index in [9.17, 15) is 29.1 Å². The average molecular weight is 877 g/mol. The monoisotopic (exact) mass is 876 g/mol. The Bertz CT molecular complexity index is 2260. The summed E-state index contributed by atoms with van der Waals surface area (Å²) >= 11 is 0. The van der Waals surface area contributed by atoms with Crippen molar-refractivity contribution in [3.8, 4) is 35.7 Å². The summed E-state index contributed by atoms with van der Waals surface area (Å²) in [5, 5.41) is 11.4. The van der Waals surface area contributed by atoms with Crippen LogP contribution in [-0.4, -0.2) is 54.6 Å². The van der Waals surface area contributed by atoms with Gasteiger partial charge in [0, 0.05) is 29.1 Å². The average Bonchev–Trinajstić information content (AvgIpc) is 3.72. The Morgan fingerprint density at radius 2 is 1.17 bits per heavy atom. The molecule has 0 aliphatic heterocycles. The maximum Gasteiger partial charge on any atom is 0.384 e. The van der Waals surface area contributed by atoms with E-state index in [-0.39, 0.29) is 22.8 Å². The molecule has 10 heteroatoms. The second kappa shape index (κ2) is 18.5. The number of Topliss-reactive ketones (excluding diaryl/α,β-unsaturated/α-hetero) is 1. The minimum absolute atomic E-state index is 0.0686. The lowest BCUT2D eigenvalue weighted by Crippen LogP contribution is -2.50. The molecule has 0 radical (unpaired) electrons. The molecule has 0 heterocycles. The Morgan fingerprint density at radius 1 is 0.672 bits per heavy atom. The van der Waals surface area contributed by atoms with E-state index in [0.29, 0.717) is 59.2 Å². The third kappa shape index (κ3) is 9.55. The van der Waals surface area contributed by atoms with Crippen LogP contribution < -0.4 is 9.47 Å². The van der Waals surface area contributed by atoms with Gasteiger partial charge in [0.25, 0.3) is 0 Å². The summed E-state index contributed by atoms with van der Waals surface area (Å²) in [4.78, 5) is 58.2. The van der Waals surface area contributed by atoms with Crippen LogP contribution in [0.4, 0.5) is 0 Å². The molecule has 0 saturated heterocycles. The summed E-state index contributed by atoms with van der Waals surface area (Å²) < 4.78 is 19.9. The van der Waals surface area contributed by atoms with Crippen LogP contribution in [0.5, 0.6) is 11.5 Å². The minimum atomic E-state index is -1.15. The summed E-state index contributed by atoms with van der Waals surface area (Å²) in [5.74, 6) is 10.3. The van der Waals surface area contributed by atoms with Crippen LogP contribution in [0.15, 0.2) is 36.4 Å². The van der Waals surface area contributed by atoms with Crippen molar-refractivity contribution in [3.63, 3.8) is 0 Å². The van der Waals surface area contributed by atoms with E-state index < -0.39 is 28.4 Å². The second-order valence-electron chi connectivity index (χ2n) is 21.5. The Balaban J connectivity index is 0.000000192. The fourth-order valence-corrected chi connectivity index (χ4v) is 12.0. The van der Waals surface area contributed by atoms with Crippen molar-refractivity contribution in [1.29, 1.82) is 0 Å². The first-order valence-corrected chi connectivity index (χ1v) is 23.1. The zero-order valence-corrected chi connectivity index (χ0v) is 39.6. The quantitative estimate of drug-likeness (QED) is 0.134. The third-order valence-electron chi connectivity index (χ3n) is 15.8. The Hall–Kier alpha value is -4.93. The summed E-state index contributed by atoms with van der Waals surface area (Å²) in [7, 11) is 2.54. The molecular weight excluding hydrogens is 809 g/mol. The Kier molecular flexibility index (Phi) is 14.0. The molecule has 2 aromatic carbocycles. The number of benzene rings is 2. The molecule has 4 fully saturated rings. The first-order chi connectivity index (χ1) is 30.0. The van der Waals surface area contributed by atoms with Gasteiger partial charge in [-0.1, -0.05) is 31.9 Å². The van der Waals surface area contributed by atoms with Gasteiger partial charge in [0.15, 0.2) is 0 Å². The summed E-state index contributed by atoms with van der Waals surface area (Å²) in [5.41, 5.74) is 2.81. The Labute approximate surface area is 380 Å². The predicted molar refractivity (Wildman–Crippen MR) is 243 cm³/mol. The number of rotatable bonds is 2. The number of aliphatic hydroxyl groups is 1. The number of fused-ring (bicyclic) bond motifs is 10. The molecule has 9 atom stereocenters. The van der Waals surface area contributed by atoms with E-state index >= 15 is 0 Å². The molecule has 344 valence electrons. The van der Waals surface area contributed by atoms with E-state index in [1.807, 2.05) is 59.7 Å². The molecular formula is C54H68O10. The van der Waals surface area contributed by atoms with Crippen LogP contribution in [0.3, 0.4) is 0 Å². The molecule has 2 aromatic rings. The number of terminal acetylenes is 1. The maximum absolute atomic E-state index is 12.4. The molecule has 0 unspecified atom stereocenters. The van der Waals surface area contributed by atoms with Gasteiger partial charge in [0.2, 0.25) is 0 Å². The van der Waals surface area contributed by atoms with Crippen molar-refractivity contribution in [1.82, 2.24) is 0 Å². The van der Waals surface area contributed by atoms with Crippen molar-refractivity contribution in [2.24, 2.45) is 45.3 Å². The second-order valence-corrected chi connectivity index (χ2v) is 21.5. The van der Waals surface area contributed by atoms with Gasteiger partial charge in [-0.3, -0.25) is 14.4 Å². The smallest absolute Gasteiger partial charge is 0.384 e. The van der Waals surface area contributed by atoms with Gasteiger partial charge < -0.3 is 24.1 Å². The fraction of sp³-hybridized carbons (Fsp3) is 0.611. The normalized spacial score (nSPS) is 30.6. The highest BCUT2D eigenvalue weighted by molar-refractivity contribution is 5.89. The van der Waals surface area contributed by atoms with Gasteiger partial charge in [-0.25, -0.2) is 9.59 Å². The molecule has 0 amide bonds. The minimum Gasteiger partial charge on any atom is -0.459 e. The summed E-state index contributed by atoms with van der Waals surface area (Å²) in [6.45, 7) is 15.6. The number of esters is 4. The van der Waals surface area contributed by atoms with E-state index in [4.69, 9.17) is 9.47 Å². The molecule has 0 aromatic heterocycles. The highest BCUT2D eigenvalue weighted by Gasteiger charge is 2.61. The van der Waals surface area contributed by atoms with Gasteiger partial charge in [-0.05, 0) is 194 Å². The van der Waals surface area contributed by atoms with Crippen molar-refractivity contribution in [3.05, 3.63) is 58.7 Å². The lowest BCUT2D eigenvalue weighted by Gasteiger charge is -2.52. The number of carbonyl (C=O) groups is 5. The van der Waals surface area contributed by atoms with Gasteiger partial charge >= 0.3 is 23.9 Å². The van der Waals surface area contributed by atoms with E-state index in [2.05, 4.69) is 59.8 Å². The molecule has 0 spiro atoms. The van der Waals surface area contributed by atoms with Crippen LogP contribution in [0, 0.1) is 69.5 Å². The molecule has 4 saturated carbocycles. The van der Waals surface area contributed by atoms with Crippen LogP contribution in [-0.2, 0) is 46.3 Å². The SMILES string of the molecule is C#CC(=O)OC.CC(C)(C)C(=O)Oc1ccc2c(c1)CC[C@@H]1[C@@H]2CC[C@]2(C)C(=O)CC[C@@H]12.COC(=O)C#C[C@]1(O)CC[C@H]2[C@@H]3CCc4cc(OC(=O)C(C)(C)C)ccc4[C@H]3CC[C@@]21C. The number of carbonyl (C=O) groups excluding carboxylic acids is 5. The largest absolute Gasteiger partial charge is 0.459 e. The zero-order chi connectivity index (χ0) is 47.0. The number of hydrogen-bond donors (Lipinski definition) is 1. The molecule has 8 rings (SSSR count). The molecule has 6 aliphatic carbocycles. The number of aryl methyl sites for hydroxylation is 2. The van der Waals surface area contributed by atoms with Gasteiger partial charge in [-0.2, -0.15) is 0 Å². The first-order valence-electron chi connectivity index (χ1n) is 23.1. The number of hydrogen-bond acceptors (Lipinski definition) is 10. The molecule has 10 nitrogen and oxygen atoms in total. The standard InChI is InChI=1S/C27H34O5.C23H30O3.C4H4O2/c1-25(2,3)24(29)32-18-7-9-19-17(16-18)6-8-21-20(19)10-13-26(4)22(21)11-14-27(26,30)15-12-23(28)31-5;1-22(2,3)21(25)26-15-6-8-16-14(13-15)5-7-18-17(16)11-12-23(4)19(18)9-10-20(23)24;1-3-4(5)6-2/h7,9,16,20-22,30H,6,8,10-11,13-14H2,1-5H3;6,8,13,17-19H,5,7,9-12H2,1-4H3;1H,2H3/t20-,21-,22+,26+,27-;17-,18-,19+,23+;/m11./s1. The third-order valence-corrected chi connectivity index (χ3v) is 15.8. The topological polar surface area (TPSA) is 143 Å². The van der Waals surface area contributed by atoms with Crippen molar-refractivity contribution < 1.29 is 48.0 Å². The van der Waals surface area contributed by atoms with Crippen molar-refractivity contribution in [2.75, 3.05) is 14.2 Å². The number of ether oxygens (including phenoxy) is 4. The van der Waals surface area contributed by atoms with Crippen molar-refractivity contribution in [2.45, 2.75) is 150 Å². The lowest BCUT2D eigenvalue weighted by molar-refractivity contribution is -0.143. The molecule has 6 aliphatic rings. The van der Waals surface area contributed by atoms with Gasteiger partial charge in [0.05, 0.1) is 25.0 Å². The van der Waals surface area contributed by atoms with E-state index in [0.717, 1.165) is 70.6 Å². The van der Waals surface area contributed by atoms with Crippen LogP contribution in [0.2, 0.25) is 0 Å². The predicted octanol–water partition coefficient (Wildman–Crippen LogP) is 9.26. The Morgan fingerprint density at radius 3 is 1.64 bits per heavy atom. The molecule has 0 bridgehead atoms. The van der Waals surface area contributed by atoms with Crippen LogP contribution >= 0.6 is 0 Å². The number of ketones is 1. The summed E-state index contributed by atoms with van der Waals surface area (Å²) in [6, 6.07) is 12.3. The van der Waals surface area contributed by atoms with Gasteiger partial charge in [0.1, 0.15) is 22.9 Å². The van der Waals surface area contributed by atoms with Gasteiger partial charge in [-0.15, -0.1) is 6.42 Å². The first kappa shape index (κ1) is 48.5. The van der Waals surface area contributed by atoms with Crippen LogP contribution in [0.25, 0.3) is 0 Å².